The first-order valence-corrected chi connectivity index (χ1v) is 7.29. The summed E-state index contributed by atoms with van der Waals surface area (Å²) in [5, 5.41) is 2.64. The Morgan fingerprint density at radius 1 is 1.00 bits per heavy atom. The summed E-state index contributed by atoms with van der Waals surface area (Å²) >= 11 is 0. The van der Waals surface area contributed by atoms with Gasteiger partial charge in [-0.1, -0.05) is 59.7 Å². The molecule has 3 rings (SSSR count). The maximum Gasteiger partial charge on any atom is 0.259 e. The number of guanidine groups is 1. The van der Waals surface area contributed by atoms with E-state index in [2.05, 4.69) is 10.3 Å². The van der Waals surface area contributed by atoms with E-state index in [9.17, 15) is 4.79 Å². The second-order valence-corrected chi connectivity index (χ2v) is 5.84. The molecule has 1 aliphatic heterocycles. The van der Waals surface area contributed by atoms with Crippen LogP contribution in [0.5, 0.6) is 0 Å². The van der Waals surface area contributed by atoms with Gasteiger partial charge in [-0.25, -0.2) is 4.99 Å². The summed E-state index contributed by atoms with van der Waals surface area (Å²) in [4.78, 5) is 17.0. The molecule has 0 aromatic heterocycles. The minimum atomic E-state index is -0.979. The Morgan fingerprint density at radius 3 is 2.05 bits per heavy atom. The predicted molar refractivity (Wildman–Crippen MR) is 87.5 cm³/mol. The summed E-state index contributed by atoms with van der Waals surface area (Å²) in [5.41, 5.74) is 9.03. The van der Waals surface area contributed by atoms with Crippen LogP contribution in [0.2, 0.25) is 0 Å². The molecule has 3 N–H and O–H groups in total. The molecule has 0 radical (unpaired) electrons. The topological polar surface area (TPSA) is 67.5 Å². The fourth-order valence-corrected chi connectivity index (χ4v) is 2.75. The molecule has 2 aromatic carbocycles. The largest absolute Gasteiger partial charge is 0.370 e. The summed E-state index contributed by atoms with van der Waals surface area (Å²) in [6.07, 6.45) is 0.489. The molecule has 0 saturated carbocycles. The van der Waals surface area contributed by atoms with Crippen molar-refractivity contribution in [1.29, 1.82) is 0 Å². The first-order chi connectivity index (χ1) is 10.5. The van der Waals surface area contributed by atoms with Gasteiger partial charge in [-0.3, -0.25) is 10.1 Å². The number of aliphatic imine (C=N–C) groups is 1. The predicted octanol–water partition coefficient (Wildman–Crippen LogP) is 2.19. The molecule has 22 heavy (non-hydrogen) atoms. The number of hydrogen-bond acceptors (Lipinski definition) is 3. The van der Waals surface area contributed by atoms with E-state index in [1.165, 1.54) is 5.56 Å². The third-order valence-corrected chi connectivity index (χ3v) is 4.04. The Bertz CT molecular complexity index is 732. The van der Waals surface area contributed by atoms with Gasteiger partial charge in [-0.2, -0.15) is 0 Å². The van der Waals surface area contributed by atoms with E-state index in [0.29, 0.717) is 6.42 Å². The smallest absolute Gasteiger partial charge is 0.259 e. The number of benzene rings is 2. The fourth-order valence-electron chi connectivity index (χ4n) is 2.75. The number of nitrogens with one attached hydrogen (secondary N) is 1. The molecular formula is C18H19N3O. The van der Waals surface area contributed by atoms with Crippen molar-refractivity contribution < 1.29 is 4.79 Å². The van der Waals surface area contributed by atoms with Crippen LogP contribution in [0.25, 0.3) is 0 Å². The molecule has 0 spiro atoms. The molecular weight excluding hydrogens is 274 g/mol. The highest BCUT2D eigenvalue weighted by atomic mass is 16.2. The fraction of sp³-hybridized carbons (Fsp3) is 0.222. The summed E-state index contributed by atoms with van der Waals surface area (Å²) in [6, 6.07) is 16.0. The van der Waals surface area contributed by atoms with Crippen molar-refractivity contribution in [3.8, 4) is 0 Å². The summed E-state index contributed by atoms with van der Waals surface area (Å²) in [6.45, 7) is 4.06. The maximum atomic E-state index is 12.6. The molecule has 112 valence electrons. The molecule has 0 unspecified atom stereocenters. The van der Waals surface area contributed by atoms with Gasteiger partial charge in [0.2, 0.25) is 0 Å². The Hall–Kier alpha value is -2.62. The number of nitrogens with two attached hydrogens (primary N) is 1. The van der Waals surface area contributed by atoms with Crippen LogP contribution in [0, 0.1) is 13.8 Å². The van der Waals surface area contributed by atoms with Gasteiger partial charge >= 0.3 is 0 Å². The second kappa shape index (κ2) is 5.30. The van der Waals surface area contributed by atoms with E-state index in [1.54, 1.807) is 0 Å². The summed E-state index contributed by atoms with van der Waals surface area (Å²) in [7, 11) is 0. The van der Waals surface area contributed by atoms with Crippen molar-refractivity contribution in [2.24, 2.45) is 10.7 Å². The SMILES string of the molecule is Cc1ccc(C[C@]2(c3ccc(C)cc3)N=C(N)NC2=O)cc1. The lowest BCUT2D eigenvalue weighted by molar-refractivity contribution is -0.124. The van der Waals surface area contributed by atoms with Gasteiger partial charge in [0, 0.05) is 6.42 Å². The second-order valence-electron chi connectivity index (χ2n) is 5.84. The Labute approximate surface area is 130 Å². The van der Waals surface area contributed by atoms with E-state index >= 15 is 0 Å². The number of carbonyl (C=O) groups is 1. The van der Waals surface area contributed by atoms with Crippen LogP contribution in [-0.4, -0.2) is 11.9 Å². The molecule has 4 nitrogen and oxygen atoms in total. The zero-order valence-electron chi connectivity index (χ0n) is 12.8. The van der Waals surface area contributed by atoms with Crippen LogP contribution < -0.4 is 11.1 Å². The molecule has 1 aliphatic rings. The molecule has 1 atom stereocenters. The molecule has 0 aliphatic carbocycles. The number of carbonyl (C=O) groups excluding carboxylic acids is 1. The zero-order valence-corrected chi connectivity index (χ0v) is 12.8. The van der Waals surface area contributed by atoms with Crippen molar-refractivity contribution in [3.63, 3.8) is 0 Å². The summed E-state index contributed by atoms with van der Waals surface area (Å²) in [5.74, 6) is 0.00659. The number of rotatable bonds is 3. The number of aryl methyl sites for hydroxylation is 2. The highest BCUT2D eigenvalue weighted by molar-refractivity contribution is 6.07. The van der Waals surface area contributed by atoms with Crippen molar-refractivity contribution in [1.82, 2.24) is 5.32 Å². The lowest BCUT2D eigenvalue weighted by Gasteiger charge is -2.24. The first-order valence-electron chi connectivity index (χ1n) is 7.29. The van der Waals surface area contributed by atoms with E-state index < -0.39 is 5.54 Å². The third-order valence-electron chi connectivity index (χ3n) is 4.04. The average molecular weight is 293 g/mol. The van der Waals surface area contributed by atoms with Crippen LogP contribution in [0.3, 0.4) is 0 Å². The van der Waals surface area contributed by atoms with Gasteiger partial charge in [0.1, 0.15) is 0 Å². The van der Waals surface area contributed by atoms with Gasteiger partial charge in [-0.15, -0.1) is 0 Å². The minimum absolute atomic E-state index is 0.172. The van der Waals surface area contributed by atoms with Crippen molar-refractivity contribution in [3.05, 3.63) is 70.8 Å². The van der Waals surface area contributed by atoms with Crippen LogP contribution in [0.1, 0.15) is 22.3 Å². The highest BCUT2D eigenvalue weighted by Crippen LogP contribution is 2.33. The van der Waals surface area contributed by atoms with Crippen LogP contribution in [0.4, 0.5) is 0 Å². The number of hydrogen-bond donors (Lipinski definition) is 2. The maximum absolute atomic E-state index is 12.6. The average Bonchev–Trinajstić information content (AvgIpc) is 2.77. The number of amides is 1. The molecule has 0 bridgehead atoms. The summed E-state index contributed by atoms with van der Waals surface area (Å²) < 4.78 is 0. The van der Waals surface area contributed by atoms with Crippen molar-refractivity contribution in [2.75, 3.05) is 0 Å². The zero-order chi connectivity index (χ0) is 15.7. The molecule has 4 heteroatoms. The third kappa shape index (κ3) is 2.48. The Balaban J connectivity index is 2.06. The Kier molecular flexibility index (Phi) is 3.45. The molecule has 1 amide bonds. The molecule has 2 aromatic rings. The van der Waals surface area contributed by atoms with E-state index in [0.717, 1.165) is 16.7 Å². The van der Waals surface area contributed by atoms with Gasteiger partial charge in [0.25, 0.3) is 5.91 Å². The monoisotopic (exact) mass is 293 g/mol. The van der Waals surface area contributed by atoms with Gasteiger partial charge in [-0.05, 0) is 25.0 Å². The lowest BCUT2D eigenvalue weighted by Crippen LogP contribution is -2.40. The van der Waals surface area contributed by atoms with Crippen LogP contribution >= 0.6 is 0 Å². The lowest BCUT2D eigenvalue weighted by atomic mass is 9.83. The quantitative estimate of drug-likeness (QED) is 0.911. The first kappa shape index (κ1) is 14.3. The molecule has 0 saturated heterocycles. The highest BCUT2D eigenvalue weighted by Gasteiger charge is 2.44. The van der Waals surface area contributed by atoms with E-state index in [-0.39, 0.29) is 11.9 Å². The Morgan fingerprint density at radius 2 is 1.55 bits per heavy atom. The molecule has 1 heterocycles. The van der Waals surface area contributed by atoms with Gasteiger partial charge < -0.3 is 5.73 Å². The van der Waals surface area contributed by atoms with E-state index in [1.807, 2.05) is 62.4 Å². The minimum Gasteiger partial charge on any atom is -0.370 e. The van der Waals surface area contributed by atoms with Gasteiger partial charge in [0.05, 0.1) is 0 Å². The van der Waals surface area contributed by atoms with Crippen molar-refractivity contribution in [2.45, 2.75) is 25.8 Å². The van der Waals surface area contributed by atoms with Crippen LogP contribution in [0.15, 0.2) is 53.5 Å². The van der Waals surface area contributed by atoms with Crippen LogP contribution in [-0.2, 0) is 16.8 Å². The number of nitrogens with zero attached hydrogens (tertiary/aromatic N) is 1. The normalized spacial score (nSPS) is 20.6. The van der Waals surface area contributed by atoms with Crippen molar-refractivity contribution >= 4 is 11.9 Å². The van der Waals surface area contributed by atoms with E-state index in [4.69, 9.17) is 5.73 Å². The standard InChI is InChI=1S/C18H19N3O/c1-12-3-7-14(8-4-12)11-18(16(22)20-17(19)21-18)15-9-5-13(2)6-10-15/h3-10H,11H2,1-2H3,(H3,19,20,21,22)/t18-/m1/s1. The van der Waals surface area contributed by atoms with Gasteiger partial charge in [0.15, 0.2) is 11.5 Å². The molecule has 0 fully saturated rings.